The molecule has 8 nitrogen and oxygen atoms in total. The summed E-state index contributed by atoms with van der Waals surface area (Å²) >= 11 is 0. The van der Waals surface area contributed by atoms with Crippen LogP contribution in [0, 0.1) is 0 Å². The third-order valence-corrected chi connectivity index (χ3v) is 13.4. The van der Waals surface area contributed by atoms with Gasteiger partial charge < -0.3 is 4.57 Å². The van der Waals surface area contributed by atoms with Crippen molar-refractivity contribution < 1.29 is 0 Å². The molecule has 0 saturated carbocycles. The number of benzene rings is 4. The summed E-state index contributed by atoms with van der Waals surface area (Å²) in [6.45, 7) is -0.0398. The van der Waals surface area contributed by atoms with Gasteiger partial charge in [0.25, 0.3) is 6.71 Å². The average molecular weight is 769 g/mol. The number of para-hydroxylation sites is 2. The lowest BCUT2D eigenvalue weighted by Gasteiger charge is -2.35. The predicted molar refractivity (Wildman–Crippen MR) is 242 cm³/mol. The molecule has 10 aromatic rings. The highest BCUT2D eigenvalue weighted by atomic mass is 15.2. The highest BCUT2D eigenvalue weighted by molar-refractivity contribution is 7.00. The molecule has 4 aliphatic rings. The molecule has 9 heterocycles. The van der Waals surface area contributed by atoms with E-state index in [1.807, 2.05) is 24.7 Å². The van der Waals surface area contributed by atoms with E-state index >= 15 is 0 Å². The number of hydrogen-bond acceptors (Lipinski definition) is 5. The van der Waals surface area contributed by atoms with Gasteiger partial charge in [0.1, 0.15) is 11.2 Å². The van der Waals surface area contributed by atoms with Crippen LogP contribution in [0.2, 0.25) is 0 Å². The molecule has 0 bridgehead atoms. The van der Waals surface area contributed by atoms with Gasteiger partial charge in [0.05, 0.1) is 27.8 Å². The van der Waals surface area contributed by atoms with Crippen molar-refractivity contribution in [1.82, 2.24) is 33.6 Å². The van der Waals surface area contributed by atoms with Crippen LogP contribution in [0.5, 0.6) is 0 Å². The Morgan fingerprint density at radius 3 is 2.32 bits per heavy atom. The normalized spacial score (nSPS) is 17.1. The topological polar surface area (TPSA) is 78.7 Å². The van der Waals surface area contributed by atoms with Crippen LogP contribution >= 0.6 is 0 Å². The van der Waals surface area contributed by atoms with Crippen molar-refractivity contribution in [3.05, 3.63) is 175 Å². The summed E-state index contributed by atoms with van der Waals surface area (Å²) in [4.78, 5) is 25.4. The maximum Gasteiger partial charge on any atom is 0.252 e. The summed E-state index contributed by atoms with van der Waals surface area (Å²) in [5.41, 5.74) is 21.5. The minimum Gasteiger partial charge on any atom is -0.314 e. The van der Waals surface area contributed by atoms with Crippen LogP contribution in [-0.4, -0.2) is 46.6 Å². The summed E-state index contributed by atoms with van der Waals surface area (Å²) in [5.74, 6) is 0.200. The summed E-state index contributed by atoms with van der Waals surface area (Å²) in [6.07, 6.45) is 16.7. The zero-order valence-electron chi connectivity index (χ0n) is 32.4. The van der Waals surface area contributed by atoms with E-state index in [4.69, 9.17) is 24.9 Å². The molecule has 3 aliphatic heterocycles. The molecule has 280 valence electrons. The molecule has 0 fully saturated rings. The lowest BCUT2D eigenvalue weighted by atomic mass is 9.34. The van der Waals surface area contributed by atoms with Crippen molar-refractivity contribution in [2.45, 2.75) is 25.2 Å². The molecule has 0 radical (unpaired) electrons. The van der Waals surface area contributed by atoms with E-state index in [1.54, 1.807) is 12.4 Å². The molecule has 60 heavy (non-hydrogen) atoms. The molecule has 0 amide bonds. The van der Waals surface area contributed by atoms with E-state index < -0.39 is 0 Å². The minimum atomic E-state index is -0.0398. The number of aliphatic imine (C=N–C) groups is 1. The molecular weight excluding hydrogens is 735 g/mol. The largest absolute Gasteiger partial charge is 0.314 e. The first-order valence-corrected chi connectivity index (χ1v) is 20.8. The van der Waals surface area contributed by atoms with Gasteiger partial charge in [-0.15, -0.1) is 0 Å². The first kappa shape index (κ1) is 32.3. The Morgan fingerprint density at radius 1 is 0.650 bits per heavy atom. The molecule has 0 saturated heterocycles. The highest BCUT2D eigenvalue weighted by Gasteiger charge is 2.44. The number of hydrogen-bond donors (Lipinski definition) is 0. The van der Waals surface area contributed by atoms with Gasteiger partial charge in [-0.1, -0.05) is 78.9 Å². The van der Waals surface area contributed by atoms with E-state index in [-0.39, 0.29) is 12.6 Å². The van der Waals surface area contributed by atoms with Crippen LogP contribution < -0.4 is 16.4 Å². The highest BCUT2D eigenvalue weighted by Crippen LogP contribution is 2.49. The summed E-state index contributed by atoms with van der Waals surface area (Å²) < 4.78 is 7.35. The molecule has 0 spiro atoms. The third-order valence-electron chi connectivity index (χ3n) is 13.4. The minimum absolute atomic E-state index is 0.0398. The van der Waals surface area contributed by atoms with Crippen LogP contribution in [0.15, 0.2) is 163 Å². The van der Waals surface area contributed by atoms with Crippen molar-refractivity contribution in [3.8, 4) is 28.3 Å². The van der Waals surface area contributed by atoms with Gasteiger partial charge in [-0.25, -0.2) is 4.98 Å². The lowest BCUT2D eigenvalue weighted by Crippen LogP contribution is -2.59. The van der Waals surface area contributed by atoms with Crippen molar-refractivity contribution in [3.63, 3.8) is 0 Å². The Balaban J connectivity index is 1.17. The monoisotopic (exact) mass is 768 g/mol. The van der Waals surface area contributed by atoms with Gasteiger partial charge in [-0.2, -0.15) is 0 Å². The second-order valence-corrected chi connectivity index (χ2v) is 16.3. The summed E-state index contributed by atoms with van der Waals surface area (Å²) in [7, 11) is 0. The molecule has 1 unspecified atom stereocenters. The van der Waals surface area contributed by atoms with Crippen LogP contribution in [0.4, 0.5) is 0 Å². The van der Waals surface area contributed by atoms with Crippen molar-refractivity contribution in [2.24, 2.45) is 4.99 Å². The molecule has 0 N–H and O–H groups in total. The van der Waals surface area contributed by atoms with Gasteiger partial charge in [0.15, 0.2) is 5.65 Å². The van der Waals surface area contributed by atoms with Gasteiger partial charge in [-0.05, 0) is 95.3 Å². The second kappa shape index (κ2) is 12.0. The fourth-order valence-electron chi connectivity index (χ4n) is 11.1. The molecule has 9 heteroatoms. The first-order valence-electron chi connectivity index (χ1n) is 20.8. The van der Waals surface area contributed by atoms with E-state index in [0.29, 0.717) is 0 Å². The SMILES string of the molecule is C1=C\CCC2=C(\N=C/1)c1c(n3c4c(cccc14)B1c4c-3cc(-c3ccccn3)cc4-n3c4c1ccnc4c1c4nccnc4n(-c4ccccc4)c13)CC2c1ccccc1. The molecular formula is C51H33BN8. The lowest BCUT2D eigenvalue weighted by molar-refractivity contribution is 0.700. The molecule has 6 aromatic heterocycles. The maximum absolute atomic E-state index is 5.33. The van der Waals surface area contributed by atoms with Crippen LogP contribution in [0.1, 0.15) is 35.6 Å². The van der Waals surface area contributed by atoms with Gasteiger partial charge >= 0.3 is 0 Å². The Morgan fingerprint density at radius 2 is 1.45 bits per heavy atom. The maximum atomic E-state index is 5.33. The third kappa shape index (κ3) is 4.13. The van der Waals surface area contributed by atoms with Crippen LogP contribution in [-0.2, 0) is 6.42 Å². The first-order chi connectivity index (χ1) is 29.8. The van der Waals surface area contributed by atoms with Crippen LogP contribution in [0.3, 0.4) is 0 Å². The van der Waals surface area contributed by atoms with Crippen LogP contribution in [0.25, 0.3) is 78.2 Å². The van der Waals surface area contributed by atoms with Gasteiger partial charge in [-0.3, -0.25) is 29.1 Å². The number of rotatable bonds is 3. The fraction of sp³-hybridized carbons (Fsp3) is 0.0784. The zero-order valence-corrected chi connectivity index (χ0v) is 32.4. The standard InChI is InChI=1S/C51H33BN8/c1-4-13-30(14-5-1)35-29-39-42(45-33(35)17-8-3-10-23-54-45)34-18-12-19-36-48(34)59(39)40-27-31(38-20-9-11-22-53-38)28-41-44(40)52(36)37-21-24-55-46-43-47-50(57-26-25-56-47)58(32-15-6-2-7-16-32)51(43)60(41)49(37)46/h1-7,9-16,18-28,35H,8,17,29H2/b10-3-,54-23-. The summed E-state index contributed by atoms with van der Waals surface area (Å²) in [5, 5.41) is 2.26. The smallest absolute Gasteiger partial charge is 0.252 e. The van der Waals surface area contributed by atoms with Crippen molar-refractivity contribution in [1.29, 1.82) is 0 Å². The predicted octanol–water partition coefficient (Wildman–Crippen LogP) is 8.53. The molecule has 4 aromatic carbocycles. The Bertz CT molecular complexity index is 3580. The van der Waals surface area contributed by atoms with Gasteiger partial charge in [0, 0.05) is 81.7 Å². The van der Waals surface area contributed by atoms with Crippen molar-refractivity contribution in [2.75, 3.05) is 0 Å². The quantitative estimate of drug-likeness (QED) is 0.169. The number of aromatic nitrogens is 7. The molecule has 1 aliphatic carbocycles. The number of allylic oxidation sites excluding steroid dienone is 3. The number of fused-ring (bicyclic) bond motifs is 13. The molecule has 14 rings (SSSR count). The fourth-order valence-corrected chi connectivity index (χ4v) is 11.1. The average Bonchev–Trinajstić information content (AvgIpc) is 3.94. The van der Waals surface area contributed by atoms with Gasteiger partial charge in [0.2, 0.25) is 0 Å². The van der Waals surface area contributed by atoms with Crippen molar-refractivity contribution >= 4 is 79.1 Å². The molecule has 1 atom stereocenters. The Hall–Kier alpha value is -7.65. The zero-order chi connectivity index (χ0) is 39.1. The Kier molecular flexibility index (Phi) is 6.44. The number of nitrogens with zero attached hydrogens (tertiary/aromatic N) is 8. The van der Waals surface area contributed by atoms with E-state index in [1.165, 1.54) is 55.4 Å². The second-order valence-electron chi connectivity index (χ2n) is 16.3. The van der Waals surface area contributed by atoms with E-state index in [9.17, 15) is 0 Å². The summed E-state index contributed by atoms with van der Waals surface area (Å²) in [6, 6.07) is 41.7. The van der Waals surface area contributed by atoms with E-state index in [0.717, 1.165) is 80.8 Å². The van der Waals surface area contributed by atoms with E-state index in [2.05, 4.69) is 135 Å². The Labute approximate surface area is 344 Å². The number of pyridine rings is 2.